The molecule has 0 atom stereocenters. The number of nitrogens with one attached hydrogen (secondary N) is 1. The van der Waals surface area contributed by atoms with Gasteiger partial charge >= 0.3 is 0 Å². The number of aromatic nitrogens is 2. The Morgan fingerprint density at radius 3 is 2.18 bits per heavy atom. The Morgan fingerprint density at radius 1 is 0.909 bits per heavy atom. The fourth-order valence-electron chi connectivity index (χ4n) is 4.40. The van der Waals surface area contributed by atoms with E-state index in [-0.39, 0.29) is 12.5 Å². The summed E-state index contributed by atoms with van der Waals surface area (Å²) < 4.78 is 5.78. The van der Waals surface area contributed by atoms with Gasteiger partial charge in [0.05, 0.1) is 5.69 Å². The van der Waals surface area contributed by atoms with Crippen LogP contribution in [0.2, 0.25) is 0 Å². The van der Waals surface area contributed by atoms with Gasteiger partial charge in [-0.05, 0) is 69.0 Å². The molecule has 1 aliphatic rings. The number of nitrogens with zero attached hydrogens (tertiary/aromatic N) is 3. The van der Waals surface area contributed by atoms with E-state index >= 15 is 0 Å². The predicted octanol–water partition coefficient (Wildman–Crippen LogP) is 5.47. The summed E-state index contributed by atoms with van der Waals surface area (Å²) in [5, 5.41) is 11.8. The molecule has 1 amide bonds. The Morgan fingerprint density at radius 2 is 1.58 bits per heavy atom. The third-order valence-electron chi connectivity index (χ3n) is 6.00. The van der Waals surface area contributed by atoms with Crippen LogP contribution in [0, 0.1) is 20.8 Å². The lowest BCUT2D eigenvalue weighted by atomic mass is 10.1. The van der Waals surface area contributed by atoms with Gasteiger partial charge in [0.25, 0.3) is 5.91 Å². The quantitative estimate of drug-likeness (QED) is 0.546. The number of carbonyl (C=O) groups is 1. The van der Waals surface area contributed by atoms with E-state index in [0.717, 1.165) is 52.7 Å². The van der Waals surface area contributed by atoms with Crippen LogP contribution in [0.3, 0.4) is 0 Å². The van der Waals surface area contributed by atoms with Crippen LogP contribution in [-0.2, 0) is 4.79 Å². The van der Waals surface area contributed by atoms with Crippen molar-refractivity contribution in [1.82, 2.24) is 10.2 Å². The molecule has 0 spiro atoms. The highest BCUT2D eigenvalue weighted by Gasteiger charge is 2.12. The molecule has 4 rings (SSSR count). The fourth-order valence-corrected chi connectivity index (χ4v) is 4.40. The van der Waals surface area contributed by atoms with E-state index in [9.17, 15) is 4.79 Å². The number of ether oxygens (including phenoxy) is 1. The molecule has 0 aliphatic carbocycles. The normalized spacial score (nSPS) is 14.0. The molecule has 1 saturated heterocycles. The molecule has 2 aromatic carbocycles. The molecule has 1 aromatic heterocycles. The molecule has 2 heterocycles. The van der Waals surface area contributed by atoms with E-state index in [1.807, 2.05) is 44.2 Å². The Bertz CT molecular complexity index is 1060. The molecule has 172 valence electrons. The molecule has 0 bridgehead atoms. The van der Waals surface area contributed by atoms with Gasteiger partial charge in [0.1, 0.15) is 5.75 Å². The van der Waals surface area contributed by atoms with Crippen LogP contribution in [0.1, 0.15) is 42.4 Å². The zero-order valence-electron chi connectivity index (χ0n) is 19.7. The summed E-state index contributed by atoms with van der Waals surface area (Å²) in [6, 6.07) is 15.8. The number of anilines is 2. The van der Waals surface area contributed by atoms with Crippen molar-refractivity contribution in [2.24, 2.45) is 0 Å². The molecule has 33 heavy (non-hydrogen) atoms. The second-order valence-corrected chi connectivity index (χ2v) is 8.82. The molecule has 3 aromatic rings. The van der Waals surface area contributed by atoms with Gasteiger partial charge in [-0.25, -0.2) is 0 Å². The summed E-state index contributed by atoms with van der Waals surface area (Å²) in [7, 11) is 0. The number of rotatable bonds is 6. The molecule has 1 N–H and O–H groups in total. The van der Waals surface area contributed by atoms with Crippen LogP contribution in [0.15, 0.2) is 48.5 Å². The van der Waals surface area contributed by atoms with Gasteiger partial charge in [-0.15, -0.1) is 10.2 Å². The first-order valence-corrected chi connectivity index (χ1v) is 11.7. The second kappa shape index (κ2) is 10.5. The van der Waals surface area contributed by atoms with E-state index in [0.29, 0.717) is 0 Å². The molecule has 6 nitrogen and oxygen atoms in total. The number of aryl methyl sites for hydroxylation is 3. The maximum Gasteiger partial charge on any atom is 0.262 e. The number of amides is 1. The van der Waals surface area contributed by atoms with Crippen molar-refractivity contribution in [3.8, 4) is 17.0 Å². The zero-order chi connectivity index (χ0) is 23.2. The van der Waals surface area contributed by atoms with Crippen molar-refractivity contribution >= 4 is 17.4 Å². The van der Waals surface area contributed by atoms with E-state index < -0.39 is 0 Å². The molecular formula is C27H32N4O2. The van der Waals surface area contributed by atoms with Gasteiger partial charge in [0.2, 0.25) is 0 Å². The van der Waals surface area contributed by atoms with Crippen molar-refractivity contribution in [1.29, 1.82) is 0 Å². The number of carbonyl (C=O) groups excluding carboxylic acids is 1. The van der Waals surface area contributed by atoms with E-state index in [4.69, 9.17) is 4.74 Å². The largest absolute Gasteiger partial charge is 0.483 e. The summed E-state index contributed by atoms with van der Waals surface area (Å²) in [6.45, 7) is 8.11. The Hall–Kier alpha value is -3.41. The topological polar surface area (TPSA) is 67.3 Å². The summed E-state index contributed by atoms with van der Waals surface area (Å²) >= 11 is 0. The Balaban J connectivity index is 1.34. The minimum Gasteiger partial charge on any atom is -0.483 e. The molecule has 0 unspecified atom stereocenters. The van der Waals surface area contributed by atoms with Crippen LogP contribution < -0.4 is 15.0 Å². The first kappa shape index (κ1) is 22.8. The summed E-state index contributed by atoms with van der Waals surface area (Å²) in [5.74, 6) is 1.53. The van der Waals surface area contributed by atoms with Crippen LogP contribution in [0.5, 0.6) is 5.75 Å². The Labute approximate surface area is 196 Å². The van der Waals surface area contributed by atoms with Crippen LogP contribution in [0.4, 0.5) is 11.5 Å². The SMILES string of the molecule is Cc1cc(C)c(OCC(=O)Nc2ccc(-c3ccc(N4CCCCCC4)nn3)cc2)c(C)c1. The van der Waals surface area contributed by atoms with E-state index in [2.05, 4.69) is 45.5 Å². The van der Waals surface area contributed by atoms with Gasteiger partial charge in [-0.2, -0.15) is 0 Å². The van der Waals surface area contributed by atoms with Crippen molar-refractivity contribution < 1.29 is 9.53 Å². The lowest BCUT2D eigenvalue weighted by molar-refractivity contribution is -0.118. The Kier molecular flexibility index (Phi) is 7.23. The third-order valence-corrected chi connectivity index (χ3v) is 6.00. The second-order valence-electron chi connectivity index (χ2n) is 8.82. The monoisotopic (exact) mass is 444 g/mol. The van der Waals surface area contributed by atoms with Crippen LogP contribution in [0.25, 0.3) is 11.3 Å². The minimum absolute atomic E-state index is 0.0318. The van der Waals surface area contributed by atoms with Crippen LogP contribution >= 0.6 is 0 Å². The van der Waals surface area contributed by atoms with E-state index in [1.54, 1.807) is 0 Å². The summed E-state index contributed by atoms with van der Waals surface area (Å²) in [4.78, 5) is 14.7. The summed E-state index contributed by atoms with van der Waals surface area (Å²) in [6.07, 6.45) is 5.02. The van der Waals surface area contributed by atoms with Crippen LogP contribution in [-0.4, -0.2) is 35.8 Å². The lowest BCUT2D eigenvalue weighted by Crippen LogP contribution is -2.25. The van der Waals surface area contributed by atoms with Gasteiger partial charge < -0.3 is 15.0 Å². The fraction of sp³-hybridized carbons (Fsp3) is 0.370. The van der Waals surface area contributed by atoms with Crippen molar-refractivity contribution in [2.75, 3.05) is 29.9 Å². The molecule has 1 fully saturated rings. The molecule has 0 radical (unpaired) electrons. The third kappa shape index (κ3) is 5.89. The van der Waals surface area contributed by atoms with Gasteiger partial charge in [0.15, 0.2) is 12.4 Å². The number of hydrogen-bond donors (Lipinski definition) is 1. The highest BCUT2D eigenvalue weighted by atomic mass is 16.5. The maximum atomic E-state index is 12.4. The van der Waals surface area contributed by atoms with Crippen molar-refractivity contribution in [3.63, 3.8) is 0 Å². The minimum atomic E-state index is -0.191. The van der Waals surface area contributed by atoms with Gasteiger partial charge in [-0.1, -0.05) is 42.7 Å². The van der Waals surface area contributed by atoms with Gasteiger partial charge in [0, 0.05) is 24.3 Å². The average molecular weight is 445 g/mol. The molecular weight excluding hydrogens is 412 g/mol. The van der Waals surface area contributed by atoms with Crippen molar-refractivity contribution in [2.45, 2.75) is 46.5 Å². The lowest BCUT2D eigenvalue weighted by Gasteiger charge is -2.20. The van der Waals surface area contributed by atoms with E-state index in [1.165, 1.54) is 31.2 Å². The summed E-state index contributed by atoms with van der Waals surface area (Å²) in [5.41, 5.74) is 5.76. The molecule has 6 heteroatoms. The standard InChI is InChI=1S/C27H32N4O2/c1-19-16-20(2)27(21(3)17-19)33-18-26(32)28-23-10-8-22(9-11-23)24-12-13-25(30-29-24)31-14-6-4-5-7-15-31/h8-13,16-17H,4-7,14-15,18H2,1-3H3,(H,28,32). The maximum absolute atomic E-state index is 12.4. The zero-order valence-corrected chi connectivity index (χ0v) is 19.7. The number of benzene rings is 2. The highest BCUT2D eigenvalue weighted by molar-refractivity contribution is 5.92. The first-order valence-electron chi connectivity index (χ1n) is 11.7. The molecule has 0 saturated carbocycles. The smallest absolute Gasteiger partial charge is 0.262 e. The highest BCUT2D eigenvalue weighted by Crippen LogP contribution is 2.25. The first-order chi connectivity index (χ1) is 16.0. The molecule has 1 aliphatic heterocycles. The van der Waals surface area contributed by atoms with Crippen molar-refractivity contribution in [3.05, 3.63) is 65.2 Å². The number of hydrogen-bond acceptors (Lipinski definition) is 5. The van der Waals surface area contributed by atoms with Gasteiger partial charge in [-0.3, -0.25) is 4.79 Å². The average Bonchev–Trinajstić information content (AvgIpc) is 3.09. The predicted molar refractivity (Wildman–Crippen MR) is 133 cm³/mol.